The summed E-state index contributed by atoms with van der Waals surface area (Å²) in [7, 11) is 0. The summed E-state index contributed by atoms with van der Waals surface area (Å²) in [5, 5.41) is 13.6. The summed E-state index contributed by atoms with van der Waals surface area (Å²) in [5.41, 5.74) is 1.87. The summed E-state index contributed by atoms with van der Waals surface area (Å²) in [6, 6.07) is 9.65. The second-order valence-electron chi connectivity index (χ2n) is 7.12. The first kappa shape index (κ1) is 20.7. The molecule has 1 saturated heterocycles. The molecule has 0 saturated carbocycles. The van der Waals surface area contributed by atoms with Crippen LogP contribution in [-0.4, -0.2) is 48.5 Å². The average Bonchev–Trinajstić information content (AvgIpc) is 2.73. The van der Waals surface area contributed by atoms with E-state index in [0.29, 0.717) is 11.1 Å². The Morgan fingerprint density at radius 2 is 1.83 bits per heavy atom. The van der Waals surface area contributed by atoms with Crippen molar-refractivity contribution >= 4 is 17.3 Å². The lowest BCUT2D eigenvalue weighted by molar-refractivity contribution is -0.384. The third kappa shape index (κ3) is 4.89. The van der Waals surface area contributed by atoms with E-state index in [4.69, 9.17) is 0 Å². The van der Waals surface area contributed by atoms with Crippen molar-refractivity contribution in [1.82, 2.24) is 10.2 Å². The summed E-state index contributed by atoms with van der Waals surface area (Å²) in [6.45, 7) is 8.52. The Hall–Kier alpha value is -3.00. The van der Waals surface area contributed by atoms with E-state index in [-0.39, 0.29) is 17.4 Å². The molecule has 29 heavy (non-hydrogen) atoms. The van der Waals surface area contributed by atoms with Gasteiger partial charge < -0.3 is 15.1 Å². The molecule has 1 amide bonds. The number of nitrogens with zero attached hydrogens (tertiary/aromatic N) is 3. The molecule has 1 fully saturated rings. The highest BCUT2D eigenvalue weighted by molar-refractivity contribution is 5.94. The first-order valence-electron chi connectivity index (χ1n) is 9.71. The normalized spacial score (nSPS) is 15.8. The van der Waals surface area contributed by atoms with Gasteiger partial charge in [-0.25, -0.2) is 4.39 Å². The molecule has 1 aliphatic heterocycles. The minimum atomic E-state index is -0.512. The number of likely N-dealkylation sites (N-methyl/N-ethyl adjacent to an activating group) is 1. The molecule has 0 bridgehead atoms. The summed E-state index contributed by atoms with van der Waals surface area (Å²) >= 11 is 0. The first-order chi connectivity index (χ1) is 13.9. The van der Waals surface area contributed by atoms with Gasteiger partial charge in [0, 0.05) is 55.1 Å². The van der Waals surface area contributed by atoms with Crippen LogP contribution in [0.1, 0.15) is 35.8 Å². The molecule has 1 atom stereocenters. The summed E-state index contributed by atoms with van der Waals surface area (Å²) < 4.78 is 14.0. The van der Waals surface area contributed by atoms with Crippen LogP contribution in [0.3, 0.4) is 0 Å². The van der Waals surface area contributed by atoms with Gasteiger partial charge in [-0.2, -0.15) is 0 Å². The van der Waals surface area contributed by atoms with E-state index in [0.717, 1.165) is 38.4 Å². The molecule has 8 heteroatoms. The number of hydrogen-bond donors (Lipinski definition) is 1. The number of carbonyl (C=O) groups excluding carboxylic acids is 1. The van der Waals surface area contributed by atoms with Gasteiger partial charge in [-0.1, -0.05) is 6.92 Å². The molecule has 0 radical (unpaired) electrons. The second-order valence-corrected chi connectivity index (χ2v) is 7.12. The standard InChI is InChI=1S/C21H25FN4O3/c1-3-24-10-12-25(13-11-24)20-9-6-17(22)14-19(20)15(2)23-21(27)16-4-7-18(8-5-16)26(28)29/h4-9,14-15H,3,10-13H2,1-2H3,(H,23,27). The lowest BCUT2D eigenvalue weighted by atomic mass is 10.0. The predicted octanol–water partition coefficient (Wildman–Crippen LogP) is 3.37. The number of non-ortho nitro benzene ring substituents is 1. The van der Waals surface area contributed by atoms with Crippen LogP contribution < -0.4 is 10.2 Å². The van der Waals surface area contributed by atoms with Gasteiger partial charge in [0.25, 0.3) is 11.6 Å². The molecule has 154 valence electrons. The molecule has 1 unspecified atom stereocenters. The molecule has 3 rings (SSSR count). The maximum Gasteiger partial charge on any atom is 0.269 e. The fraction of sp³-hybridized carbons (Fsp3) is 0.381. The van der Waals surface area contributed by atoms with Crippen molar-refractivity contribution < 1.29 is 14.1 Å². The third-order valence-electron chi connectivity index (χ3n) is 5.30. The predicted molar refractivity (Wildman–Crippen MR) is 110 cm³/mol. The topological polar surface area (TPSA) is 78.7 Å². The van der Waals surface area contributed by atoms with Gasteiger partial charge in [-0.3, -0.25) is 14.9 Å². The van der Waals surface area contributed by atoms with Crippen molar-refractivity contribution in [2.24, 2.45) is 0 Å². The Labute approximate surface area is 169 Å². The molecule has 1 N–H and O–H groups in total. The molecule has 1 aliphatic rings. The van der Waals surface area contributed by atoms with Gasteiger partial charge in [0.15, 0.2) is 0 Å². The van der Waals surface area contributed by atoms with Crippen molar-refractivity contribution in [3.63, 3.8) is 0 Å². The highest BCUT2D eigenvalue weighted by Crippen LogP contribution is 2.28. The number of carbonyl (C=O) groups is 1. The van der Waals surface area contributed by atoms with Crippen molar-refractivity contribution in [3.8, 4) is 0 Å². The zero-order valence-corrected chi connectivity index (χ0v) is 16.6. The number of nitro groups is 1. The third-order valence-corrected chi connectivity index (χ3v) is 5.30. The number of anilines is 1. The Balaban J connectivity index is 1.76. The maximum absolute atomic E-state index is 14.0. The fourth-order valence-electron chi connectivity index (χ4n) is 3.56. The van der Waals surface area contributed by atoms with Crippen molar-refractivity contribution in [2.45, 2.75) is 19.9 Å². The number of hydrogen-bond acceptors (Lipinski definition) is 5. The van der Waals surface area contributed by atoms with Crippen LogP contribution >= 0.6 is 0 Å². The Bertz CT molecular complexity index is 880. The summed E-state index contributed by atoms with van der Waals surface area (Å²) in [6.07, 6.45) is 0. The number of halogens is 1. The molecule has 2 aromatic rings. The van der Waals surface area contributed by atoms with E-state index in [2.05, 4.69) is 22.0 Å². The molecular formula is C21H25FN4O3. The number of piperazine rings is 1. The SMILES string of the molecule is CCN1CCN(c2ccc(F)cc2C(C)NC(=O)c2ccc([N+](=O)[O-])cc2)CC1. The first-order valence-corrected chi connectivity index (χ1v) is 9.71. The Morgan fingerprint density at radius 3 is 2.41 bits per heavy atom. The highest BCUT2D eigenvalue weighted by atomic mass is 19.1. The average molecular weight is 400 g/mol. The highest BCUT2D eigenvalue weighted by Gasteiger charge is 2.22. The fourth-order valence-corrected chi connectivity index (χ4v) is 3.56. The van der Waals surface area contributed by atoms with Crippen LogP contribution in [0.15, 0.2) is 42.5 Å². The molecule has 1 heterocycles. The lowest BCUT2D eigenvalue weighted by Gasteiger charge is -2.37. The molecule has 7 nitrogen and oxygen atoms in total. The van der Waals surface area contributed by atoms with Crippen LogP contribution in [0.25, 0.3) is 0 Å². The van der Waals surface area contributed by atoms with Crippen LogP contribution in [0, 0.1) is 15.9 Å². The van der Waals surface area contributed by atoms with E-state index < -0.39 is 11.0 Å². The van der Waals surface area contributed by atoms with Gasteiger partial charge in [0.2, 0.25) is 0 Å². The maximum atomic E-state index is 14.0. The molecular weight excluding hydrogens is 375 g/mol. The van der Waals surface area contributed by atoms with Gasteiger partial charge >= 0.3 is 0 Å². The van der Waals surface area contributed by atoms with Gasteiger partial charge in [-0.15, -0.1) is 0 Å². The minimum Gasteiger partial charge on any atom is -0.369 e. The van der Waals surface area contributed by atoms with Crippen LogP contribution in [-0.2, 0) is 0 Å². The lowest BCUT2D eigenvalue weighted by Crippen LogP contribution is -2.46. The van der Waals surface area contributed by atoms with Crippen molar-refractivity contribution in [3.05, 3.63) is 69.5 Å². The van der Waals surface area contributed by atoms with Crippen LogP contribution in [0.2, 0.25) is 0 Å². The number of benzene rings is 2. The number of rotatable bonds is 6. The zero-order chi connectivity index (χ0) is 21.0. The van der Waals surface area contributed by atoms with Gasteiger partial charge in [0.1, 0.15) is 5.82 Å². The van der Waals surface area contributed by atoms with Crippen molar-refractivity contribution in [2.75, 3.05) is 37.6 Å². The quantitative estimate of drug-likeness (QED) is 0.594. The Kier molecular flexibility index (Phi) is 6.43. The molecule has 2 aromatic carbocycles. The molecule has 0 aliphatic carbocycles. The second kappa shape index (κ2) is 9.00. The van der Waals surface area contributed by atoms with Crippen molar-refractivity contribution in [1.29, 1.82) is 0 Å². The minimum absolute atomic E-state index is 0.0757. The van der Waals surface area contributed by atoms with E-state index in [9.17, 15) is 19.3 Å². The molecule has 0 spiro atoms. The van der Waals surface area contributed by atoms with E-state index >= 15 is 0 Å². The molecule has 0 aromatic heterocycles. The zero-order valence-electron chi connectivity index (χ0n) is 16.6. The number of nitrogens with one attached hydrogen (secondary N) is 1. The smallest absolute Gasteiger partial charge is 0.269 e. The van der Waals surface area contributed by atoms with E-state index in [1.165, 1.54) is 36.4 Å². The summed E-state index contributed by atoms with van der Waals surface area (Å²) in [4.78, 5) is 27.4. The number of nitro benzene ring substituents is 1. The van der Waals surface area contributed by atoms with Crippen LogP contribution in [0.5, 0.6) is 0 Å². The monoisotopic (exact) mass is 400 g/mol. The van der Waals surface area contributed by atoms with E-state index in [1.807, 2.05) is 6.92 Å². The van der Waals surface area contributed by atoms with Gasteiger partial charge in [-0.05, 0) is 43.8 Å². The largest absolute Gasteiger partial charge is 0.369 e. The summed E-state index contributed by atoms with van der Waals surface area (Å²) in [5.74, 6) is -0.717. The Morgan fingerprint density at radius 1 is 1.17 bits per heavy atom. The van der Waals surface area contributed by atoms with Gasteiger partial charge in [0.05, 0.1) is 11.0 Å². The van der Waals surface area contributed by atoms with Crippen LogP contribution in [0.4, 0.5) is 15.8 Å². The van der Waals surface area contributed by atoms with E-state index in [1.54, 1.807) is 6.07 Å². The number of amides is 1.